The van der Waals surface area contributed by atoms with Gasteiger partial charge in [-0.2, -0.15) is 9.61 Å². The monoisotopic (exact) mass is 433 g/mol. The molecule has 0 N–H and O–H groups in total. The minimum Gasteiger partial charge on any atom is -0.269 e. The number of hydrogen-bond acceptors (Lipinski definition) is 6. The summed E-state index contributed by atoms with van der Waals surface area (Å²) < 4.78 is 1.92. The van der Waals surface area contributed by atoms with E-state index in [1.807, 2.05) is 11.4 Å². The van der Waals surface area contributed by atoms with Gasteiger partial charge in [0.05, 0.1) is 17.2 Å². The van der Waals surface area contributed by atoms with Gasteiger partial charge in [0.15, 0.2) is 5.82 Å². The van der Waals surface area contributed by atoms with Crippen molar-refractivity contribution >= 4 is 28.1 Å². The van der Waals surface area contributed by atoms with E-state index < -0.39 is 6.04 Å². The molecule has 1 aliphatic heterocycles. The van der Waals surface area contributed by atoms with Crippen LogP contribution in [0.25, 0.3) is 4.96 Å². The fraction of sp³-hybridized carbons (Fsp3) is 0.522. The molecule has 0 saturated heterocycles. The Balaban J connectivity index is 1.26. The molecule has 1 atom stereocenters. The first kappa shape index (κ1) is 18.0. The van der Waals surface area contributed by atoms with Crippen LogP contribution >= 0.6 is 11.3 Å². The van der Waals surface area contributed by atoms with Crippen LogP contribution in [0.2, 0.25) is 0 Å². The SMILES string of the molecule is C[C@H](c1nn2c(C34CC5CC(CC(C5)C3)C4)nnc2s1)N1C(=O)c2ccccc2C1=O. The van der Waals surface area contributed by atoms with Gasteiger partial charge in [0.1, 0.15) is 5.01 Å². The van der Waals surface area contributed by atoms with Crippen LogP contribution in [0.3, 0.4) is 0 Å². The van der Waals surface area contributed by atoms with Crippen molar-refractivity contribution in [3.63, 3.8) is 0 Å². The second-order valence-electron chi connectivity index (χ2n) is 10.1. The van der Waals surface area contributed by atoms with E-state index in [0.717, 1.165) is 33.5 Å². The first-order chi connectivity index (χ1) is 15.0. The largest absolute Gasteiger partial charge is 0.269 e. The lowest BCUT2D eigenvalue weighted by molar-refractivity contribution is -0.0103. The Kier molecular flexibility index (Phi) is 3.48. The van der Waals surface area contributed by atoms with E-state index in [-0.39, 0.29) is 17.2 Å². The zero-order valence-corrected chi connectivity index (χ0v) is 18.1. The van der Waals surface area contributed by atoms with E-state index in [2.05, 4.69) is 10.2 Å². The molecule has 3 heterocycles. The number of rotatable bonds is 3. The van der Waals surface area contributed by atoms with Gasteiger partial charge in [-0.3, -0.25) is 14.5 Å². The van der Waals surface area contributed by atoms with Crippen LogP contribution in [-0.2, 0) is 5.41 Å². The molecule has 7 nitrogen and oxygen atoms in total. The number of aromatic nitrogens is 4. The molecule has 8 rings (SSSR count). The van der Waals surface area contributed by atoms with Gasteiger partial charge >= 0.3 is 0 Å². The smallest absolute Gasteiger partial charge is 0.262 e. The van der Waals surface area contributed by atoms with Gasteiger partial charge in [-0.15, -0.1) is 10.2 Å². The number of nitrogens with zero attached hydrogens (tertiary/aromatic N) is 5. The van der Waals surface area contributed by atoms with Crippen molar-refractivity contribution in [2.75, 3.05) is 0 Å². The van der Waals surface area contributed by atoms with Crippen molar-refractivity contribution in [2.45, 2.75) is 56.9 Å². The minimum atomic E-state index is -0.441. The third-order valence-corrected chi connectivity index (χ3v) is 9.16. The first-order valence-electron chi connectivity index (χ1n) is 11.2. The molecule has 3 aromatic rings. The molecule has 2 aromatic heterocycles. The molecule has 0 spiro atoms. The van der Waals surface area contributed by atoms with E-state index in [1.165, 1.54) is 54.8 Å². The molecule has 1 aromatic carbocycles. The first-order valence-corrected chi connectivity index (χ1v) is 12.0. The summed E-state index contributed by atoms with van der Waals surface area (Å²) in [6.45, 7) is 1.87. The van der Waals surface area contributed by atoms with Crippen LogP contribution in [0.4, 0.5) is 0 Å². The van der Waals surface area contributed by atoms with Gasteiger partial charge in [0, 0.05) is 5.41 Å². The normalized spacial score (nSPS) is 32.3. The summed E-state index contributed by atoms with van der Waals surface area (Å²) in [5.41, 5.74) is 1.03. The Morgan fingerprint density at radius 3 is 2.13 bits per heavy atom. The molecular weight excluding hydrogens is 410 g/mol. The van der Waals surface area contributed by atoms with Crippen molar-refractivity contribution in [3.05, 3.63) is 46.2 Å². The van der Waals surface area contributed by atoms with Gasteiger partial charge in [0.25, 0.3) is 11.8 Å². The summed E-state index contributed by atoms with van der Waals surface area (Å²) in [6.07, 6.45) is 7.71. The highest BCUT2D eigenvalue weighted by Crippen LogP contribution is 2.60. The molecule has 2 amide bonds. The average Bonchev–Trinajstić information content (AvgIpc) is 3.39. The fourth-order valence-electron chi connectivity index (χ4n) is 7.19. The Labute approximate surface area is 183 Å². The number of fused-ring (bicyclic) bond motifs is 2. The molecular formula is C23H23N5O2S. The molecule has 5 aliphatic rings. The lowest BCUT2D eigenvalue weighted by atomic mass is 9.49. The number of carbonyl (C=O) groups excluding carboxylic acids is 2. The standard InChI is InChI=1S/C23H23N5O2S/c1-12(27-19(29)16-4-2-3-5-17(16)20(27)30)18-26-28-21(24-25-22(28)31-18)23-9-13-6-14(10-23)8-15(7-13)11-23/h2-5,12-15H,6-11H2,1H3/t12-,13?,14?,15?,23?/m1/s1. The second-order valence-corrected chi connectivity index (χ2v) is 11.0. The van der Waals surface area contributed by atoms with Crippen LogP contribution in [0.15, 0.2) is 24.3 Å². The third-order valence-electron chi connectivity index (χ3n) is 8.09. The topological polar surface area (TPSA) is 80.5 Å². The van der Waals surface area contributed by atoms with Gasteiger partial charge < -0.3 is 0 Å². The van der Waals surface area contributed by atoms with E-state index in [9.17, 15) is 9.59 Å². The number of amides is 2. The molecule has 158 valence electrons. The molecule has 0 unspecified atom stereocenters. The van der Waals surface area contributed by atoms with E-state index >= 15 is 0 Å². The number of carbonyl (C=O) groups is 2. The molecule has 4 saturated carbocycles. The fourth-order valence-corrected chi connectivity index (χ4v) is 8.07. The van der Waals surface area contributed by atoms with Gasteiger partial charge in [-0.25, -0.2) is 0 Å². The highest BCUT2D eigenvalue weighted by atomic mass is 32.1. The summed E-state index contributed by atoms with van der Waals surface area (Å²) in [4.78, 5) is 27.9. The third kappa shape index (κ3) is 2.37. The van der Waals surface area contributed by atoms with Crippen molar-refractivity contribution in [1.29, 1.82) is 0 Å². The average molecular weight is 434 g/mol. The van der Waals surface area contributed by atoms with Crippen LogP contribution in [0, 0.1) is 17.8 Å². The highest BCUT2D eigenvalue weighted by Gasteiger charge is 2.54. The summed E-state index contributed by atoms with van der Waals surface area (Å²) >= 11 is 1.43. The van der Waals surface area contributed by atoms with E-state index in [1.54, 1.807) is 24.3 Å². The summed E-state index contributed by atoms with van der Waals surface area (Å²) in [7, 11) is 0. The minimum absolute atomic E-state index is 0.0955. The lowest BCUT2D eigenvalue weighted by Gasteiger charge is -2.55. The summed E-state index contributed by atoms with van der Waals surface area (Å²) in [6, 6.07) is 6.57. The predicted octanol–water partition coefficient (Wildman–Crippen LogP) is 4.01. The van der Waals surface area contributed by atoms with Gasteiger partial charge in [-0.05, 0) is 75.3 Å². The Bertz CT molecular complexity index is 1190. The van der Waals surface area contributed by atoms with Crippen LogP contribution in [-0.4, -0.2) is 36.5 Å². The molecule has 4 aliphatic carbocycles. The predicted molar refractivity (Wildman–Crippen MR) is 114 cm³/mol. The molecule has 4 fully saturated rings. The zero-order chi connectivity index (χ0) is 20.9. The number of imide groups is 1. The number of benzene rings is 1. The Morgan fingerprint density at radius 1 is 0.968 bits per heavy atom. The molecule has 4 bridgehead atoms. The van der Waals surface area contributed by atoms with Crippen LogP contribution in [0.1, 0.15) is 83.0 Å². The van der Waals surface area contributed by atoms with Crippen LogP contribution in [0.5, 0.6) is 0 Å². The van der Waals surface area contributed by atoms with E-state index in [4.69, 9.17) is 5.10 Å². The quantitative estimate of drug-likeness (QED) is 0.583. The van der Waals surface area contributed by atoms with Crippen LogP contribution < -0.4 is 0 Å². The van der Waals surface area contributed by atoms with Crippen molar-refractivity contribution in [3.8, 4) is 0 Å². The maximum absolute atomic E-state index is 12.9. The highest BCUT2D eigenvalue weighted by molar-refractivity contribution is 7.16. The maximum atomic E-state index is 12.9. The maximum Gasteiger partial charge on any atom is 0.262 e. The second kappa shape index (κ2) is 6.00. The zero-order valence-electron chi connectivity index (χ0n) is 17.3. The lowest BCUT2D eigenvalue weighted by Crippen LogP contribution is -2.49. The van der Waals surface area contributed by atoms with E-state index in [0.29, 0.717) is 11.1 Å². The summed E-state index contributed by atoms with van der Waals surface area (Å²) in [5.74, 6) is 2.94. The van der Waals surface area contributed by atoms with Gasteiger partial charge in [0.2, 0.25) is 4.96 Å². The van der Waals surface area contributed by atoms with Gasteiger partial charge in [-0.1, -0.05) is 23.5 Å². The van der Waals surface area contributed by atoms with Crippen molar-refractivity contribution < 1.29 is 9.59 Å². The molecule has 0 radical (unpaired) electrons. The molecule has 8 heteroatoms. The van der Waals surface area contributed by atoms with Crippen molar-refractivity contribution in [1.82, 2.24) is 24.7 Å². The Hall–Kier alpha value is -2.61. The summed E-state index contributed by atoms with van der Waals surface area (Å²) in [5, 5.41) is 14.7. The molecule has 31 heavy (non-hydrogen) atoms. The number of hydrogen-bond donors (Lipinski definition) is 0. The Morgan fingerprint density at radius 2 is 1.55 bits per heavy atom. The van der Waals surface area contributed by atoms with Crippen molar-refractivity contribution in [2.24, 2.45) is 17.8 Å².